The maximum absolute atomic E-state index is 13.2. The SMILES string of the molecule is C=CCNC(=O)[C@]1(Cc2cccc(-c3cccs3)c2)CCN(C(=O)[C@H]2C[C@@H]2C)C1. The predicted octanol–water partition coefficient (Wildman–Crippen LogP) is 4.13. The quantitative estimate of drug-likeness (QED) is 0.700. The topological polar surface area (TPSA) is 49.4 Å². The molecule has 5 heteroatoms. The highest BCUT2D eigenvalue weighted by Gasteiger charge is 2.49. The first-order valence-corrected chi connectivity index (χ1v) is 11.2. The molecule has 0 bridgehead atoms. The first kappa shape index (κ1) is 19.9. The molecule has 0 spiro atoms. The van der Waals surface area contributed by atoms with Crippen molar-refractivity contribution in [2.75, 3.05) is 19.6 Å². The third-order valence-corrected chi connectivity index (χ3v) is 7.17. The third kappa shape index (κ3) is 4.15. The van der Waals surface area contributed by atoms with Crippen LogP contribution in [0.1, 0.15) is 25.3 Å². The van der Waals surface area contributed by atoms with Crippen molar-refractivity contribution in [1.82, 2.24) is 10.2 Å². The number of hydrogen-bond donors (Lipinski definition) is 1. The fraction of sp³-hybridized carbons (Fsp3) is 0.417. The molecule has 3 atom stereocenters. The first-order chi connectivity index (χ1) is 14.0. The van der Waals surface area contributed by atoms with Crippen molar-refractivity contribution in [2.24, 2.45) is 17.3 Å². The van der Waals surface area contributed by atoms with E-state index < -0.39 is 5.41 Å². The van der Waals surface area contributed by atoms with Crippen LogP contribution in [0.3, 0.4) is 0 Å². The molecule has 4 nitrogen and oxygen atoms in total. The van der Waals surface area contributed by atoms with Gasteiger partial charge in [0.2, 0.25) is 11.8 Å². The maximum Gasteiger partial charge on any atom is 0.228 e. The molecule has 2 aliphatic rings. The second-order valence-electron chi connectivity index (χ2n) is 8.46. The molecule has 1 saturated carbocycles. The zero-order valence-corrected chi connectivity index (χ0v) is 17.7. The van der Waals surface area contributed by atoms with Crippen LogP contribution in [0.15, 0.2) is 54.4 Å². The number of benzene rings is 1. The third-order valence-electron chi connectivity index (χ3n) is 6.26. The average Bonchev–Trinajstić information content (AvgIpc) is 3.14. The number of likely N-dealkylation sites (tertiary alicyclic amines) is 1. The van der Waals surface area contributed by atoms with E-state index >= 15 is 0 Å². The molecule has 1 aromatic carbocycles. The molecule has 1 aromatic heterocycles. The second kappa shape index (κ2) is 8.15. The lowest BCUT2D eigenvalue weighted by Gasteiger charge is -2.28. The van der Waals surface area contributed by atoms with Gasteiger partial charge in [0.15, 0.2) is 0 Å². The number of thiophene rings is 1. The summed E-state index contributed by atoms with van der Waals surface area (Å²) in [5, 5.41) is 5.07. The van der Waals surface area contributed by atoms with Gasteiger partial charge in [0, 0.05) is 30.4 Å². The van der Waals surface area contributed by atoms with E-state index in [9.17, 15) is 9.59 Å². The molecule has 1 N–H and O–H groups in total. The van der Waals surface area contributed by atoms with Crippen molar-refractivity contribution < 1.29 is 9.59 Å². The molecule has 2 heterocycles. The summed E-state index contributed by atoms with van der Waals surface area (Å²) in [6, 6.07) is 12.6. The van der Waals surface area contributed by atoms with Gasteiger partial charge in [-0.05, 0) is 47.8 Å². The Morgan fingerprint density at radius 1 is 1.34 bits per heavy atom. The van der Waals surface area contributed by atoms with Crippen molar-refractivity contribution in [2.45, 2.75) is 26.2 Å². The van der Waals surface area contributed by atoms with E-state index in [-0.39, 0.29) is 17.7 Å². The summed E-state index contributed by atoms with van der Waals surface area (Å²) in [4.78, 5) is 29.1. The Morgan fingerprint density at radius 2 is 2.17 bits per heavy atom. The van der Waals surface area contributed by atoms with Crippen LogP contribution >= 0.6 is 11.3 Å². The zero-order valence-electron chi connectivity index (χ0n) is 16.9. The van der Waals surface area contributed by atoms with Gasteiger partial charge in [-0.1, -0.05) is 43.3 Å². The summed E-state index contributed by atoms with van der Waals surface area (Å²) in [6.07, 6.45) is 4.02. The monoisotopic (exact) mass is 408 g/mol. The summed E-state index contributed by atoms with van der Waals surface area (Å²) >= 11 is 1.72. The van der Waals surface area contributed by atoms with E-state index in [1.54, 1.807) is 17.4 Å². The Morgan fingerprint density at radius 3 is 2.86 bits per heavy atom. The van der Waals surface area contributed by atoms with Gasteiger partial charge in [-0.15, -0.1) is 17.9 Å². The number of nitrogens with zero attached hydrogens (tertiary/aromatic N) is 1. The van der Waals surface area contributed by atoms with Gasteiger partial charge in [-0.25, -0.2) is 0 Å². The highest BCUT2D eigenvalue weighted by Crippen LogP contribution is 2.42. The van der Waals surface area contributed by atoms with E-state index in [1.165, 1.54) is 10.4 Å². The average molecular weight is 409 g/mol. The number of nitrogens with one attached hydrogen (secondary N) is 1. The molecule has 1 aliphatic carbocycles. The fourth-order valence-electron chi connectivity index (χ4n) is 4.39. The first-order valence-electron chi connectivity index (χ1n) is 10.3. The smallest absolute Gasteiger partial charge is 0.228 e. The summed E-state index contributed by atoms with van der Waals surface area (Å²) in [5.41, 5.74) is 1.74. The molecule has 2 amide bonds. The van der Waals surface area contributed by atoms with Crippen LogP contribution in [0.2, 0.25) is 0 Å². The van der Waals surface area contributed by atoms with Crippen LogP contribution in [0, 0.1) is 17.3 Å². The molecule has 1 aliphatic heterocycles. The summed E-state index contributed by atoms with van der Waals surface area (Å²) in [5.74, 6) is 0.889. The van der Waals surface area contributed by atoms with Crippen LogP contribution in [0.4, 0.5) is 0 Å². The lowest BCUT2D eigenvalue weighted by atomic mass is 9.79. The van der Waals surface area contributed by atoms with Gasteiger partial charge in [-0.3, -0.25) is 9.59 Å². The molecule has 0 unspecified atom stereocenters. The number of rotatable bonds is 7. The molecule has 1 saturated heterocycles. The van der Waals surface area contributed by atoms with Crippen LogP contribution in [-0.2, 0) is 16.0 Å². The number of hydrogen-bond acceptors (Lipinski definition) is 3. The largest absolute Gasteiger partial charge is 0.352 e. The Balaban J connectivity index is 1.57. The molecule has 4 rings (SSSR count). The van der Waals surface area contributed by atoms with E-state index in [1.807, 2.05) is 4.90 Å². The standard InChI is InChI=1S/C24H28N2O2S/c1-3-10-25-23(28)24(9-11-26(16-24)22(27)20-13-17(20)2)15-18-6-4-7-19(14-18)21-8-5-12-29-21/h3-8,12,14,17,20H,1,9-11,13,15-16H2,2H3,(H,25,28)/t17-,20-,24-/m0/s1. The van der Waals surface area contributed by atoms with Crippen molar-refractivity contribution in [3.8, 4) is 10.4 Å². The maximum atomic E-state index is 13.2. The van der Waals surface area contributed by atoms with E-state index in [4.69, 9.17) is 0 Å². The number of carbonyl (C=O) groups is 2. The summed E-state index contributed by atoms with van der Waals surface area (Å²) in [7, 11) is 0. The van der Waals surface area contributed by atoms with Crippen molar-refractivity contribution in [1.29, 1.82) is 0 Å². The second-order valence-corrected chi connectivity index (χ2v) is 9.41. The van der Waals surface area contributed by atoms with Gasteiger partial charge >= 0.3 is 0 Å². The molecule has 2 fully saturated rings. The van der Waals surface area contributed by atoms with Crippen molar-refractivity contribution in [3.05, 3.63) is 60.0 Å². The minimum atomic E-state index is -0.579. The van der Waals surface area contributed by atoms with Gasteiger partial charge in [0.1, 0.15) is 0 Å². The van der Waals surface area contributed by atoms with Crippen LogP contribution in [-0.4, -0.2) is 36.3 Å². The van der Waals surface area contributed by atoms with E-state index in [2.05, 4.69) is 60.6 Å². The molecular weight excluding hydrogens is 380 g/mol. The van der Waals surface area contributed by atoms with E-state index in [0.29, 0.717) is 38.4 Å². The Labute approximate surface area is 176 Å². The summed E-state index contributed by atoms with van der Waals surface area (Å²) in [6.45, 7) is 7.44. The Kier molecular flexibility index (Phi) is 5.59. The molecular formula is C24H28N2O2S. The van der Waals surface area contributed by atoms with Crippen LogP contribution < -0.4 is 5.32 Å². The normalized spacial score (nSPS) is 25.6. The van der Waals surface area contributed by atoms with Crippen LogP contribution in [0.5, 0.6) is 0 Å². The minimum absolute atomic E-state index is 0.0260. The zero-order chi connectivity index (χ0) is 20.4. The summed E-state index contributed by atoms with van der Waals surface area (Å²) < 4.78 is 0. The van der Waals surface area contributed by atoms with Crippen LogP contribution in [0.25, 0.3) is 10.4 Å². The van der Waals surface area contributed by atoms with E-state index in [0.717, 1.165) is 12.0 Å². The molecule has 0 radical (unpaired) electrons. The van der Waals surface area contributed by atoms with Gasteiger partial charge in [0.05, 0.1) is 5.41 Å². The molecule has 29 heavy (non-hydrogen) atoms. The minimum Gasteiger partial charge on any atom is -0.352 e. The Hall–Kier alpha value is -2.40. The number of carbonyl (C=O) groups excluding carboxylic acids is 2. The number of amides is 2. The predicted molar refractivity (Wildman–Crippen MR) is 118 cm³/mol. The lowest BCUT2D eigenvalue weighted by Crippen LogP contribution is -2.45. The van der Waals surface area contributed by atoms with Crippen molar-refractivity contribution in [3.63, 3.8) is 0 Å². The molecule has 152 valence electrons. The van der Waals surface area contributed by atoms with Crippen molar-refractivity contribution >= 4 is 23.2 Å². The Bertz CT molecular complexity index is 907. The van der Waals surface area contributed by atoms with Gasteiger partial charge in [-0.2, -0.15) is 0 Å². The van der Waals surface area contributed by atoms with Gasteiger partial charge in [0.25, 0.3) is 0 Å². The molecule has 2 aromatic rings. The highest BCUT2D eigenvalue weighted by atomic mass is 32.1. The van der Waals surface area contributed by atoms with Gasteiger partial charge < -0.3 is 10.2 Å². The highest BCUT2D eigenvalue weighted by molar-refractivity contribution is 7.13. The fourth-order valence-corrected chi connectivity index (χ4v) is 5.12. The lowest BCUT2D eigenvalue weighted by molar-refractivity contribution is -0.134.